The summed E-state index contributed by atoms with van der Waals surface area (Å²) >= 11 is 0. The molecule has 0 aliphatic rings. The van der Waals surface area contributed by atoms with Crippen molar-refractivity contribution < 1.29 is 21.6 Å². The Balaban J connectivity index is 0.00000289. The minimum atomic E-state index is -4.57. The molecular weight excluding hydrogens is 293 g/mol. The Morgan fingerprint density at radius 1 is 1.28 bits per heavy atom. The normalized spacial score (nSPS) is 12.0. The van der Waals surface area contributed by atoms with Gasteiger partial charge in [0.05, 0.1) is 10.5 Å². The smallest absolute Gasteiger partial charge is 0.329 e. The second-order valence-electron chi connectivity index (χ2n) is 3.21. The highest BCUT2D eigenvalue weighted by Gasteiger charge is 2.31. The first-order chi connectivity index (χ1) is 7.77. The van der Waals surface area contributed by atoms with Crippen LogP contribution >= 0.6 is 12.4 Å². The number of hydrogen-bond donors (Lipinski definition) is 2. The fourth-order valence-corrected chi connectivity index (χ4v) is 2.21. The van der Waals surface area contributed by atoms with E-state index in [0.29, 0.717) is 6.07 Å². The Labute approximate surface area is 109 Å². The number of nitrogens with two attached hydrogens (primary N) is 1. The molecule has 0 aliphatic carbocycles. The van der Waals surface area contributed by atoms with E-state index < -0.39 is 26.7 Å². The first-order valence-corrected chi connectivity index (χ1v) is 6.12. The van der Waals surface area contributed by atoms with Gasteiger partial charge in [-0.25, -0.2) is 13.1 Å². The van der Waals surface area contributed by atoms with E-state index in [-0.39, 0.29) is 25.5 Å². The molecule has 4 nitrogen and oxygen atoms in total. The van der Waals surface area contributed by atoms with Crippen LogP contribution in [0.4, 0.5) is 13.2 Å². The zero-order valence-electron chi connectivity index (χ0n) is 9.07. The predicted octanol–water partition coefficient (Wildman–Crippen LogP) is 1.36. The van der Waals surface area contributed by atoms with E-state index in [1.165, 1.54) is 0 Å². The van der Waals surface area contributed by atoms with Gasteiger partial charge in [0.1, 0.15) is 0 Å². The van der Waals surface area contributed by atoms with E-state index in [1.54, 1.807) is 0 Å². The maximum atomic E-state index is 12.4. The number of hydrogen-bond acceptors (Lipinski definition) is 3. The van der Waals surface area contributed by atoms with Crippen molar-refractivity contribution in [1.82, 2.24) is 4.72 Å². The predicted molar refractivity (Wildman–Crippen MR) is 62.9 cm³/mol. The molecule has 0 amide bonds. The molecule has 0 radical (unpaired) electrons. The molecule has 0 saturated carbocycles. The second kappa shape index (κ2) is 6.37. The van der Waals surface area contributed by atoms with Crippen LogP contribution in [0.2, 0.25) is 0 Å². The first-order valence-electron chi connectivity index (χ1n) is 4.64. The van der Waals surface area contributed by atoms with Crippen LogP contribution in [0, 0.1) is 0 Å². The van der Waals surface area contributed by atoms with Gasteiger partial charge in [-0.2, -0.15) is 13.2 Å². The molecule has 0 atom stereocenters. The van der Waals surface area contributed by atoms with Gasteiger partial charge in [-0.3, -0.25) is 0 Å². The molecular formula is C9H12ClF3N2O2S. The summed E-state index contributed by atoms with van der Waals surface area (Å²) < 4.78 is 62.3. The third-order valence-electron chi connectivity index (χ3n) is 1.91. The van der Waals surface area contributed by atoms with Gasteiger partial charge < -0.3 is 5.73 Å². The lowest BCUT2D eigenvalue weighted by atomic mass is 10.2. The fourth-order valence-electron chi connectivity index (χ4n) is 1.12. The largest absolute Gasteiger partial charge is 0.416 e. The lowest BCUT2D eigenvalue weighted by molar-refractivity contribution is -0.137. The Morgan fingerprint density at radius 2 is 1.89 bits per heavy atom. The van der Waals surface area contributed by atoms with Gasteiger partial charge >= 0.3 is 6.18 Å². The maximum absolute atomic E-state index is 12.4. The first kappa shape index (κ1) is 17.2. The Hall–Kier alpha value is -0.830. The highest BCUT2D eigenvalue weighted by molar-refractivity contribution is 7.89. The van der Waals surface area contributed by atoms with Crippen molar-refractivity contribution in [3.05, 3.63) is 29.8 Å². The van der Waals surface area contributed by atoms with E-state index >= 15 is 0 Å². The van der Waals surface area contributed by atoms with Gasteiger partial charge in [-0.05, 0) is 18.2 Å². The van der Waals surface area contributed by atoms with E-state index in [4.69, 9.17) is 5.73 Å². The Kier molecular flexibility index (Phi) is 6.08. The number of alkyl halides is 3. The molecule has 1 rings (SSSR count). The number of benzene rings is 1. The van der Waals surface area contributed by atoms with E-state index in [1.807, 2.05) is 0 Å². The SMILES string of the molecule is Cl.NCCNS(=O)(=O)c1cccc(C(F)(F)F)c1. The lowest BCUT2D eigenvalue weighted by Gasteiger charge is -2.09. The standard InChI is InChI=1S/C9H11F3N2O2S.ClH/c10-9(11,12)7-2-1-3-8(6-7)17(15,16)14-5-4-13;/h1-3,6,14H,4-5,13H2;1H. The third-order valence-corrected chi connectivity index (χ3v) is 3.37. The summed E-state index contributed by atoms with van der Waals surface area (Å²) in [7, 11) is -3.94. The van der Waals surface area contributed by atoms with Crippen molar-refractivity contribution >= 4 is 22.4 Å². The van der Waals surface area contributed by atoms with E-state index in [2.05, 4.69) is 4.72 Å². The van der Waals surface area contributed by atoms with Crippen molar-refractivity contribution in [1.29, 1.82) is 0 Å². The average Bonchev–Trinajstić information content (AvgIpc) is 2.25. The van der Waals surface area contributed by atoms with Crippen LogP contribution in [0.15, 0.2) is 29.2 Å². The van der Waals surface area contributed by atoms with Crippen LogP contribution in [0.1, 0.15) is 5.56 Å². The molecule has 0 heterocycles. The minimum Gasteiger partial charge on any atom is -0.329 e. The maximum Gasteiger partial charge on any atom is 0.416 e. The van der Waals surface area contributed by atoms with Crippen molar-refractivity contribution in [2.45, 2.75) is 11.1 Å². The van der Waals surface area contributed by atoms with Crippen LogP contribution in [-0.4, -0.2) is 21.5 Å². The summed E-state index contributed by atoms with van der Waals surface area (Å²) in [5.41, 5.74) is 4.10. The van der Waals surface area contributed by atoms with Gasteiger partial charge in [0, 0.05) is 13.1 Å². The second-order valence-corrected chi connectivity index (χ2v) is 4.98. The van der Waals surface area contributed by atoms with E-state index in [9.17, 15) is 21.6 Å². The number of halogens is 4. The van der Waals surface area contributed by atoms with Crippen LogP contribution in [0.25, 0.3) is 0 Å². The molecule has 0 bridgehead atoms. The summed E-state index contributed by atoms with van der Waals surface area (Å²) in [6.07, 6.45) is -4.57. The number of nitrogens with one attached hydrogen (secondary N) is 1. The van der Waals surface area contributed by atoms with Gasteiger partial charge in [-0.1, -0.05) is 6.07 Å². The van der Waals surface area contributed by atoms with Gasteiger partial charge in [0.25, 0.3) is 0 Å². The Bertz CT molecular complexity index is 491. The zero-order chi connectivity index (χ0) is 13.1. The van der Waals surface area contributed by atoms with Gasteiger partial charge in [-0.15, -0.1) is 12.4 Å². The molecule has 104 valence electrons. The molecule has 9 heteroatoms. The minimum absolute atomic E-state index is 0. The van der Waals surface area contributed by atoms with Crippen molar-refractivity contribution in [3.63, 3.8) is 0 Å². The number of sulfonamides is 1. The summed E-state index contributed by atoms with van der Waals surface area (Å²) in [5, 5.41) is 0. The zero-order valence-corrected chi connectivity index (χ0v) is 10.7. The molecule has 0 saturated heterocycles. The van der Waals surface area contributed by atoms with Crippen LogP contribution in [-0.2, 0) is 16.2 Å². The monoisotopic (exact) mass is 304 g/mol. The molecule has 18 heavy (non-hydrogen) atoms. The van der Waals surface area contributed by atoms with Crippen molar-refractivity contribution in [2.75, 3.05) is 13.1 Å². The molecule has 0 spiro atoms. The summed E-state index contributed by atoms with van der Waals surface area (Å²) in [6, 6.07) is 3.52. The molecule has 0 fully saturated rings. The van der Waals surface area contributed by atoms with Crippen LogP contribution < -0.4 is 10.5 Å². The molecule has 3 N–H and O–H groups in total. The highest BCUT2D eigenvalue weighted by Crippen LogP contribution is 2.30. The summed E-state index contributed by atoms with van der Waals surface area (Å²) in [4.78, 5) is -0.430. The molecule has 1 aromatic rings. The van der Waals surface area contributed by atoms with Gasteiger partial charge in [0.15, 0.2) is 0 Å². The van der Waals surface area contributed by atoms with Gasteiger partial charge in [0.2, 0.25) is 10.0 Å². The topological polar surface area (TPSA) is 72.2 Å². The van der Waals surface area contributed by atoms with Crippen LogP contribution in [0.3, 0.4) is 0 Å². The molecule has 1 aromatic carbocycles. The quantitative estimate of drug-likeness (QED) is 0.882. The number of rotatable bonds is 4. The fraction of sp³-hybridized carbons (Fsp3) is 0.333. The molecule has 0 aliphatic heterocycles. The Morgan fingerprint density at radius 3 is 2.39 bits per heavy atom. The summed E-state index contributed by atoms with van der Waals surface area (Å²) in [6.45, 7) is 0.0385. The third kappa shape index (κ3) is 4.45. The highest BCUT2D eigenvalue weighted by atomic mass is 35.5. The average molecular weight is 305 g/mol. The van der Waals surface area contributed by atoms with E-state index in [0.717, 1.165) is 18.2 Å². The summed E-state index contributed by atoms with van der Waals surface area (Å²) in [5.74, 6) is 0. The van der Waals surface area contributed by atoms with Crippen LogP contribution in [0.5, 0.6) is 0 Å². The lowest BCUT2D eigenvalue weighted by Crippen LogP contribution is -2.29. The van der Waals surface area contributed by atoms with Crippen molar-refractivity contribution in [2.24, 2.45) is 5.73 Å². The van der Waals surface area contributed by atoms with Crippen molar-refractivity contribution in [3.8, 4) is 0 Å². The molecule has 0 aromatic heterocycles. The molecule has 0 unspecified atom stereocenters.